The lowest BCUT2D eigenvalue weighted by Gasteiger charge is -2.34. The van der Waals surface area contributed by atoms with Gasteiger partial charge in [0, 0.05) is 27.6 Å². The molecule has 0 radical (unpaired) electrons. The highest BCUT2D eigenvalue weighted by atomic mass is 16.4. The predicted molar refractivity (Wildman–Crippen MR) is 186 cm³/mol. The van der Waals surface area contributed by atoms with Crippen LogP contribution in [-0.2, 0) is 6.42 Å². The molecule has 8 aromatic rings. The number of nitrogens with zero attached hydrogens (tertiary/aromatic N) is 3. The fraction of sp³-hybridized carbons (Fsp3) is 0.0952. The molecule has 2 heterocycles. The molecular formula is C42H31N3O. The number of para-hydroxylation sites is 2. The minimum atomic E-state index is 0.315. The van der Waals surface area contributed by atoms with E-state index in [9.17, 15) is 0 Å². The molecule has 4 nitrogen and oxygen atoms in total. The summed E-state index contributed by atoms with van der Waals surface area (Å²) in [6, 6.07) is 51.9. The van der Waals surface area contributed by atoms with Gasteiger partial charge in [-0.3, -0.25) is 0 Å². The number of fused-ring (bicyclic) bond motifs is 6. The monoisotopic (exact) mass is 593 g/mol. The van der Waals surface area contributed by atoms with Gasteiger partial charge >= 0.3 is 0 Å². The van der Waals surface area contributed by atoms with E-state index >= 15 is 0 Å². The van der Waals surface area contributed by atoms with Crippen molar-refractivity contribution in [2.45, 2.75) is 25.2 Å². The van der Waals surface area contributed by atoms with Gasteiger partial charge in [0.1, 0.15) is 0 Å². The Morgan fingerprint density at radius 3 is 1.85 bits per heavy atom. The fourth-order valence-corrected chi connectivity index (χ4v) is 7.51. The maximum absolute atomic E-state index is 6.34. The lowest BCUT2D eigenvalue weighted by Crippen LogP contribution is -2.18. The topological polar surface area (TPSA) is 43.9 Å². The van der Waals surface area contributed by atoms with Crippen LogP contribution in [0.2, 0.25) is 0 Å². The summed E-state index contributed by atoms with van der Waals surface area (Å²) in [5.41, 5.74) is 12.0. The van der Waals surface area contributed by atoms with E-state index in [2.05, 4.69) is 137 Å². The maximum atomic E-state index is 6.34. The molecule has 1 aliphatic carbocycles. The minimum absolute atomic E-state index is 0.315. The highest BCUT2D eigenvalue weighted by Gasteiger charge is 2.31. The second kappa shape index (κ2) is 10.7. The molecule has 4 heteroatoms. The molecular weight excluding hydrogens is 562 g/mol. The SMILES string of the molecule is CC1c2ccccc2-c2ccccc2C1Cc1cc(-c2nnc(-c3ccccc3)o2)cc(-n2c3ccccc3c3ccccc32)c1. The molecule has 0 aliphatic heterocycles. The summed E-state index contributed by atoms with van der Waals surface area (Å²) in [6.45, 7) is 2.38. The maximum Gasteiger partial charge on any atom is 0.248 e. The first kappa shape index (κ1) is 26.6. The summed E-state index contributed by atoms with van der Waals surface area (Å²) in [5, 5.41) is 11.5. The molecule has 46 heavy (non-hydrogen) atoms. The van der Waals surface area contributed by atoms with Crippen molar-refractivity contribution in [3.05, 3.63) is 162 Å². The first-order valence-corrected chi connectivity index (χ1v) is 15.9. The second-order valence-corrected chi connectivity index (χ2v) is 12.3. The van der Waals surface area contributed by atoms with E-state index in [1.54, 1.807) is 0 Å². The Hall–Kier alpha value is -5.74. The molecule has 0 bridgehead atoms. The van der Waals surface area contributed by atoms with Gasteiger partial charge in [-0.15, -0.1) is 10.2 Å². The van der Waals surface area contributed by atoms with Crippen molar-refractivity contribution in [3.63, 3.8) is 0 Å². The van der Waals surface area contributed by atoms with E-state index < -0.39 is 0 Å². The van der Waals surface area contributed by atoms with Crippen molar-refractivity contribution in [2.24, 2.45) is 0 Å². The van der Waals surface area contributed by atoms with Gasteiger partial charge in [0.2, 0.25) is 11.8 Å². The predicted octanol–water partition coefficient (Wildman–Crippen LogP) is 10.6. The summed E-state index contributed by atoms with van der Waals surface area (Å²) in [6.07, 6.45) is 0.879. The molecule has 0 saturated heterocycles. The zero-order chi connectivity index (χ0) is 30.6. The normalized spacial score (nSPS) is 15.6. The van der Waals surface area contributed by atoms with Gasteiger partial charge in [-0.1, -0.05) is 110 Å². The summed E-state index contributed by atoms with van der Waals surface area (Å²) in [4.78, 5) is 0. The van der Waals surface area contributed by atoms with E-state index in [1.165, 1.54) is 49.6 Å². The van der Waals surface area contributed by atoms with Gasteiger partial charge in [-0.25, -0.2) is 0 Å². The Morgan fingerprint density at radius 2 is 1.13 bits per heavy atom. The van der Waals surface area contributed by atoms with Crippen molar-refractivity contribution in [3.8, 4) is 39.7 Å². The molecule has 0 amide bonds. The van der Waals surface area contributed by atoms with Gasteiger partial charge in [-0.05, 0) is 88.5 Å². The Balaban J connectivity index is 1.23. The van der Waals surface area contributed by atoms with Crippen LogP contribution < -0.4 is 0 Å². The van der Waals surface area contributed by atoms with Crippen LogP contribution in [0, 0.1) is 0 Å². The molecule has 0 saturated carbocycles. The molecule has 2 aromatic heterocycles. The summed E-state index contributed by atoms with van der Waals surface area (Å²) >= 11 is 0. The molecule has 220 valence electrons. The molecule has 9 rings (SSSR count). The highest BCUT2D eigenvalue weighted by molar-refractivity contribution is 6.09. The van der Waals surface area contributed by atoms with E-state index in [1.807, 2.05) is 30.3 Å². The molecule has 2 unspecified atom stereocenters. The first-order chi connectivity index (χ1) is 22.7. The van der Waals surface area contributed by atoms with E-state index in [0.29, 0.717) is 23.6 Å². The highest BCUT2D eigenvalue weighted by Crippen LogP contribution is 2.48. The average molecular weight is 594 g/mol. The van der Waals surface area contributed by atoms with Crippen molar-refractivity contribution in [1.82, 2.24) is 14.8 Å². The quantitative estimate of drug-likeness (QED) is 0.199. The van der Waals surface area contributed by atoms with Crippen LogP contribution in [0.15, 0.2) is 150 Å². The molecule has 0 fully saturated rings. The van der Waals surface area contributed by atoms with Gasteiger partial charge < -0.3 is 8.98 Å². The Bertz CT molecular complexity index is 2330. The summed E-state index contributed by atoms with van der Waals surface area (Å²) in [7, 11) is 0. The standard InChI is InChI=1S/C42H31N3O/c1-27-32-15-5-6-16-33(32)34-17-7-8-18-35(34)38(27)25-28-23-30(42-44-43-41(46-42)29-13-3-2-4-14-29)26-31(24-28)45-39-21-11-9-19-36(39)37-20-10-12-22-40(37)45/h2-24,26-27,38H,25H2,1H3. The third-order valence-electron chi connectivity index (χ3n) is 9.67. The van der Waals surface area contributed by atoms with E-state index in [4.69, 9.17) is 4.42 Å². The number of hydrogen-bond acceptors (Lipinski definition) is 3. The Kier molecular flexibility index (Phi) is 6.20. The van der Waals surface area contributed by atoms with Crippen LogP contribution in [0.4, 0.5) is 0 Å². The lowest BCUT2D eigenvalue weighted by atomic mass is 9.70. The molecule has 0 N–H and O–H groups in total. The zero-order valence-electron chi connectivity index (χ0n) is 25.5. The van der Waals surface area contributed by atoms with Crippen LogP contribution in [-0.4, -0.2) is 14.8 Å². The van der Waals surface area contributed by atoms with Crippen LogP contribution in [0.3, 0.4) is 0 Å². The number of aromatic nitrogens is 3. The van der Waals surface area contributed by atoms with Crippen molar-refractivity contribution < 1.29 is 4.42 Å². The van der Waals surface area contributed by atoms with Crippen LogP contribution in [0.25, 0.3) is 61.5 Å². The third kappa shape index (κ3) is 4.29. The average Bonchev–Trinajstić information content (AvgIpc) is 3.74. The minimum Gasteiger partial charge on any atom is -0.416 e. The third-order valence-corrected chi connectivity index (χ3v) is 9.67. The van der Waals surface area contributed by atoms with Gasteiger partial charge in [-0.2, -0.15) is 0 Å². The smallest absolute Gasteiger partial charge is 0.248 e. The van der Waals surface area contributed by atoms with Gasteiger partial charge in [0.05, 0.1) is 11.0 Å². The molecule has 2 atom stereocenters. The molecule has 0 spiro atoms. The largest absolute Gasteiger partial charge is 0.416 e. The first-order valence-electron chi connectivity index (χ1n) is 15.9. The fourth-order valence-electron chi connectivity index (χ4n) is 7.51. The number of benzene rings is 6. The second-order valence-electron chi connectivity index (χ2n) is 12.3. The van der Waals surface area contributed by atoms with Crippen LogP contribution in [0.5, 0.6) is 0 Å². The Labute approximate surface area is 267 Å². The van der Waals surface area contributed by atoms with Crippen LogP contribution >= 0.6 is 0 Å². The zero-order valence-corrected chi connectivity index (χ0v) is 25.5. The summed E-state index contributed by atoms with van der Waals surface area (Å²) in [5.74, 6) is 1.71. The van der Waals surface area contributed by atoms with Crippen molar-refractivity contribution in [2.75, 3.05) is 0 Å². The van der Waals surface area contributed by atoms with Gasteiger partial charge in [0.15, 0.2) is 0 Å². The number of hydrogen-bond donors (Lipinski definition) is 0. The van der Waals surface area contributed by atoms with Gasteiger partial charge in [0.25, 0.3) is 0 Å². The Morgan fingerprint density at radius 1 is 0.565 bits per heavy atom. The van der Waals surface area contributed by atoms with E-state index in [-0.39, 0.29) is 0 Å². The molecule has 6 aromatic carbocycles. The van der Waals surface area contributed by atoms with Crippen molar-refractivity contribution in [1.29, 1.82) is 0 Å². The summed E-state index contributed by atoms with van der Waals surface area (Å²) < 4.78 is 8.72. The van der Waals surface area contributed by atoms with E-state index in [0.717, 1.165) is 23.2 Å². The van der Waals surface area contributed by atoms with Crippen molar-refractivity contribution >= 4 is 21.8 Å². The molecule has 1 aliphatic rings. The number of rotatable bonds is 5. The lowest BCUT2D eigenvalue weighted by molar-refractivity contribution is 0.565. The van der Waals surface area contributed by atoms with Crippen LogP contribution in [0.1, 0.15) is 35.4 Å².